The normalized spacial score (nSPS) is 13.2. The average molecular weight is 287 g/mol. The van der Waals surface area contributed by atoms with Gasteiger partial charge < -0.3 is 4.74 Å². The number of hydrogen-bond acceptors (Lipinski definition) is 3. The lowest BCUT2D eigenvalue weighted by molar-refractivity contribution is 0.162. The second-order valence-corrected chi connectivity index (χ2v) is 5.42. The van der Waals surface area contributed by atoms with Crippen LogP contribution in [0.4, 0.5) is 0 Å². The van der Waals surface area contributed by atoms with Gasteiger partial charge in [0.25, 0.3) is 0 Å². The fourth-order valence-corrected chi connectivity index (χ4v) is 1.44. The first-order valence-corrected chi connectivity index (χ1v) is 6.40. The SMILES string of the molecule is CC(C)c1nc(Br)cc(OC(C)C(C)C)n1. The van der Waals surface area contributed by atoms with Gasteiger partial charge in [-0.25, -0.2) is 4.98 Å². The molecule has 0 aliphatic heterocycles. The van der Waals surface area contributed by atoms with Crippen LogP contribution in [0.3, 0.4) is 0 Å². The van der Waals surface area contributed by atoms with Crippen LogP contribution >= 0.6 is 15.9 Å². The Morgan fingerprint density at radius 3 is 2.25 bits per heavy atom. The molecule has 0 N–H and O–H groups in total. The Kier molecular flexibility index (Phi) is 4.71. The van der Waals surface area contributed by atoms with Crippen molar-refractivity contribution in [1.82, 2.24) is 9.97 Å². The van der Waals surface area contributed by atoms with Crippen LogP contribution in [0.5, 0.6) is 5.88 Å². The maximum Gasteiger partial charge on any atom is 0.218 e. The molecular weight excluding hydrogens is 268 g/mol. The summed E-state index contributed by atoms with van der Waals surface area (Å²) in [4.78, 5) is 8.70. The summed E-state index contributed by atoms with van der Waals surface area (Å²) in [6.07, 6.45) is 0.154. The third-order valence-corrected chi connectivity index (χ3v) is 2.86. The van der Waals surface area contributed by atoms with Gasteiger partial charge in [0.05, 0.1) is 6.10 Å². The van der Waals surface area contributed by atoms with E-state index < -0.39 is 0 Å². The first-order chi connectivity index (χ1) is 7.40. The molecule has 0 bridgehead atoms. The molecule has 16 heavy (non-hydrogen) atoms. The van der Waals surface area contributed by atoms with Crippen molar-refractivity contribution in [1.29, 1.82) is 0 Å². The van der Waals surface area contributed by atoms with Gasteiger partial charge in [-0.05, 0) is 28.8 Å². The van der Waals surface area contributed by atoms with Crippen molar-refractivity contribution in [3.8, 4) is 5.88 Å². The molecule has 0 radical (unpaired) electrons. The van der Waals surface area contributed by atoms with Crippen LogP contribution in [0, 0.1) is 5.92 Å². The van der Waals surface area contributed by atoms with E-state index in [9.17, 15) is 0 Å². The lowest BCUT2D eigenvalue weighted by Crippen LogP contribution is -2.19. The van der Waals surface area contributed by atoms with E-state index >= 15 is 0 Å². The quantitative estimate of drug-likeness (QED) is 0.790. The topological polar surface area (TPSA) is 35.0 Å². The highest BCUT2D eigenvalue weighted by atomic mass is 79.9. The minimum atomic E-state index is 0.154. The van der Waals surface area contributed by atoms with E-state index in [1.165, 1.54) is 0 Å². The minimum Gasteiger partial charge on any atom is -0.474 e. The first kappa shape index (κ1) is 13.4. The molecule has 0 saturated carbocycles. The van der Waals surface area contributed by atoms with Crippen LogP contribution in [0.2, 0.25) is 0 Å². The highest BCUT2D eigenvalue weighted by molar-refractivity contribution is 9.10. The fourth-order valence-electron chi connectivity index (χ4n) is 1.06. The van der Waals surface area contributed by atoms with Gasteiger partial charge in [-0.1, -0.05) is 27.7 Å². The second kappa shape index (κ2) is 5.62. The molecule has 0 amide bonds. The largest absolute Gasteiger partial charge is 0.474 e. The van der Waals surface area contributed by atoms with E-state index in [2.05, 4.69) is 60.5 Å². The molecule has 1 aromatic heterocycles. The summed E-state index contributed by atoms with van der Waals surface area (Å²) in [5, 5.41) is 0. The van der Waals surface area contributed by atoms with E-state index in [-0.39, 0.29) is 6.10 Å². The van der Waals surface area contributed by atoms with Crippen molar-refractivity contribution in [2.75, 3.05) is 0 Å². The molecule has 0 aromatic carbocycles. The molecule has 0 aliphatic rings. The zero-order valence-corrected chi connectivity index (χ0v) is 12.1. The number of aromatic nitrogens is 2. The molecule has 1 rings (SSSR count). The molecule has 90 valence electrons. The molecule has 0 spiro atoms. The predicted molar refractivity (Wildman–Crippen MR) is 68.7 cm³/mol. The molecule has 4 heteroatoms. The van der Waals surface area contributed by atoms with Gasteiger partial charge in [-0.2, -0.15) is 4.98 Å². The van der Waals surface area contributed by atoms with Crippen molar-refractivity contribution in [2.45, 2.75) is 46.6 Å². The van der Waals surface area contributed by atoms with Gasteiger partial charge >= 0.3 is 0 Å². The summed E-state index contributed by atoms with van der Waals surface area (Å²) in [6.45, 7) is 10.4. The number of ether oxygens (including phenoxy) is 1. The highest BCUT2D eigenvalue weighted by Gasteiger charge is 2.12. The van der Waals surface area contributed by atoms with Crippen molar-refractivity contribution in [3.63, 3.8) is 0 Å². The van der Waals surface area contributed by atoms with Crippen LogP contribution < -0.4 is 4.74 Å². The van der Waals surface area contributed by atoms with E-state index in [1.54, 1.807) is 0 Å². The number of rotatable bonds is 4. The van der Waals surface area contributed by atoms with Crippen LogP contribution in [0.15, 0.2) is 10.7 Å². The molecule has 3 nitrogen and oxygen atoms in total. The maximum atomic E-state index is 5.77. The van der Waals surface area contributed by atoms with Gasteiger partial charge in [0.2, 0.25) is 5.88 Å². The van der Waals surface area contributed by atoms with Crippen molar-refractivity contribution in [2.24, 2.45) is 5.92 Å². The van der Waals surface area contributed by atoms with Crippen LogP contribution in [0.1, 0.15) is 46.4 Å². The predicted octanol–water partition coefficient (Wildman–Crippen LogP) is 3.79. The van der Waals surface area contributed by atoms with Gasteiger partial charge in [0.15, 0.2) is 0 Å². The molecule has 1 heterocycles. The summed E-state index contributed by atoms with van der Waals surface area (Å²) in [5.41, 5.74) is 0. The Labute approximate surface area is 106 Å². The summed E-state index contributed by atoms with van der Waals surface area (Å²) >= 11 is 3.38. The Bertz CT molecular complexity index is 353. The lowest BCUT2D eigenvalue weighted by atomic mass is 10.1. The van der Waals surface area contributed by atoms with Gasteiger partial charge in [0.1, 0.15) is 10.4 Å². The average Bonchev–Trinajstić information content (AvgIpc) is 2.16. The smallest absolute Gasteiger partial charge is 0.218 e. The van der Waals surface area contributed by atoms with Crippen LogP contribution in [-0.2, 0) is 0 Å². The molecule has 0 aliphatic carbocycles. The van der Waals surface area contributed by atoms with Crippen molar-refractivity contribution in [3.05, 3.63) is 16.5 Å². The standard InChI is InChI=1S/C12H19BrN2O/c1-7(2)9(5)16-11-6-10(13)14-12(15-11)8(3)4/h6-9H,1-5H3. The van der Waals surface area contributed by atoms with Gasteiger partial charge in [-0.3, -0.25) is 0 Å². The summed E-state index contributed by atoms with van der Waals surface area (Å²) in [6, 6.07) is 1.81. The highest BCUT2D eigenvalue weighted by Crippen LogP contribution is 2.20. The van der Waals surface area contributed by atoms with Crippen molar-refractivity contribution < 1.29 is 4.74 Å². The molecule has 0 fully saturated rings. The Balaban J connectivity index is 2.88. The second-order valence-electron chi connectivity index (χ2n) is 4.61. The maximum absolute atomic E-state index is 5.77. The van der Waals surface area contributed by atoms with Crippen LogP contribution in [0.25, 0.3) is 0 Å². The van der Waals surface area contributed by atoms with E-state index in [1.807, 2.05) is 6.07 Å². The van der Waals surface area contributed by atoms with Gasteiger partial charge in [-0.15, -0.1) is 0 Å². The number of nitrogens with zero attached hydrogens (tertiary/aromatic N) is 2. The first-order valence-electron chi connectivity index (χ1n) is 5.61. The zero-order valence-electron chi connectivity index (χ0n) is 10.5. The molecule has 0 saturated heterocycles. The van der Waals surface area contributed by atoms with E-state index in [4.69, 9.17) is 4.74 Å². The molecule has 1 aromatic rings. The Hall–Kier alpha value is -0.640. The minimum absolute atomic E-state index is 0.154. The van der Waals surface area contributed by atoms with Gasteiger partial charge in [0, 0.05) is 12.0 Å². The zero-order chi connectivity index (χ0) is 12.3. The molecule has 1 unspecified atom stereocenters. The molecule has 1 atom stereocenters. The van der Waals surface area contributed by atoms with Crippen LogP contribution in [-0.4, -0.2) is 16.1 Å². The monoisotopic (exact) mass is 286 g/mol. The fraction of sp³-hybridized carbons (Fsp3) is 0.667. The Morgan fingerprint density at radius 1 is 1.12 bits per heavy atom. The van der Waals surface area contributed by atoms with E-state index in [0.717, 1.165) is 10.4 Å². The third kappa shape index (κ3) is 3.74. The Morgan fingerprint density at radius 2 is 1.75 bits per heavy atom. The summed E-state index contributed by atoms with van der Waals surface area (Å²) in [7, 11) is 0. The van der Waals surface area contributed by atoms with E-state index in [0.29, 0.717) is 17.7 Å². The number of halogens is 1. The third-order valence-electron chi connectivity index (χ3n) is 2.45. The van der Waals surface area contributed by atoms with Crippen molar-refractivity contribution >= 4 is 15.9 Å². The summed E-state index contributed by atoms with van der Waals surface area (Å²) < 4.78 is 6.54. The lowest BCUT2D eigenvalue weighted by Gasteiger charge is -2.18. The molecular formula is C12H19BrN2O. The summed E-state index contributed by atoms with van der Waals surface area (Å²) in [5.74, 6) is 2.22. The number of hydrogen-bond donors (Lipinski definition) is 0.